The molecule has 0 aliphatic heterocycles. The van der Waals surface area contributed by atoms with Crippen LogP contribution in [0.15, 0.2) is 53.7 Å². The van der Waals surface area contributed by atoms with E-state index in [-0.39, 0.29) is 20.8 Å². The molecule has 0 atom stereocenters. The van der Waals surface area contributed by atoms with Crippen LogP contribution < -0.4 is 4.74 Å². The summed E-state index contributed by atoms with van der Waals surface area (Å²) in [5, 5.41) is 0.577. The number of rotatable bonds is 5. The van der Waals surface area contributed by atoms with Gasteiger partial charge in [-0.05, 0) is 38.1 Å². The highest BCUT2D eigenvalue weighted by molar-refractivity contribution is 7.90. The van der Waals surface area contributed by atoms with Crippen molar-refractivity contribution in [1.82, 2.24) is 8.96 Å². The Kier molecular flexibility index (Phi) is 5.27. The Hall–Kier alpha value is -2.02. The summed E-state index contributed by atoms with van der Waals surface area (Å²) in [6, 6.07) is 9.78. The monoisotopic (exact) mass is 410 g/mol. The van der Waals surface area contributed by atoms with Crippen molar-refractivity contribution in [3.63, 3.8) is 0 Å². The molecular formula is C18H16Cl2N2O3S. The number of hydrogen-bond donors (Lipinski definition) is 0. The highest BCUT2D eigenvalue weighted by Gasteiger charge is 2.22. The van der Waals surface area contributed by atoms with Gasteiger partial charge in [0.15, 0.2) is 11.6 Å². The number of aryl methyl sites for hydroxylation is 1. The Morgan fingerprint density at radius 1 is 1.12 bits per heavy atom. The number of imidazole rings is 1. The summed E-state index contributed by atoms with van der Waals surface area (Å²) in [5.74, 6) is 0.580. The molecule has 3 rings (SSSR count). The molecule has 0 N–H and O–H groups in total. The number of benzene rings is 2. The molecule has 0 spiro atoms. The Balaban J connectivity index is 2.11. The third-order valence-corrected chi connectivity index (χ3v) is 5.97. The average Bonchev–Trinajstić information content (AvgIpc) is 3.09. The van der Waals surface area contributed by atoms with E-state index in [1.54, 1.807) is 36.4 Å². The first-order chi connectivity index (χ1) is 12.3. The lowest BCUT2D eigenvalue weighted by molar-refractivity contribution is 0.340. The zero-order valence-electron chi connectivity index (χ0n) is 14.1. The molecule has 0 radical (unpaired) electrons. The predicted molar refractivity (Wildman–Crippen MR) is 103 cm³/mol. The lowest BCUT2D eigenvalue weighted by Crippen LogP contribution is -2.13. The lowest BCUT2D eigenvalue weighted by atomic mass is 10.2. The zero-order valence-corrected chi connectivity index (χ0v) is 16.4. The average molecular weight is 411 g/mol. The summed E-state index contributed by atoms with van der Waals surface area (Å²) in [6.45, 7) is 4.12. The van der Waals surface area contributed by atoms with Crippen LogP contribution in [0.25, 0.3) is 11.4 Å². The first-order valence-corrected chi connectivity index (χ1v) is 10.0. The predicted octanol–water partition coefficient (Wildman–Crippen LogP) is 4.80. The summed E-state index contributed by atoms with van der Waals surface area (Å²) < 4.78 is 32.5. The molecule has 26 heavy (non-hydrogen) atoms. The van der Waals surface area contributed by atoms with Gasteiger partial charge in [-0.15, -0.1) is 0 Å². The summed E-state index contributed by atoms with van der Waals surface area (Å²) in [7, 11) is -3.80. The normalized spacial score (nSPS) is 11.5. The van der Waals surface area contributed by atoms with Crippen molar-refractivity contribution in [3.8, 4) is 17.1 Å². The van der Waals surface area contributed by atoms with Crippen molar-refractivity contribution in [2.75, 3.05) is 6.61 Å². The molecule has 0 bridgehead atoms. The van der Waals surface area contributed by atoms with Crippen LogP contribution in [0.5, 0.6) is 5.75 Å². The van der Waals surface area contributed by atoms with Crippen molar-refractivity contribution in [1.29, 1.82) is 0 Å². The molecule has 136 valence electrons. The molecule has 3 aromatic rings. The zero-order chi connectivity index (χ0) is 18.9. The van der Waals surface area contributed by atoms with E-state index in [4.69, 9.17) is 27.9 Å². The summed E-state index contributed by atoms with van der Waals surface area (Å²) >= 11 is 12.5. The summed E-state index contributed by atoms with van der Waals surface area (Å²) in [5.41, 5.74) is 1.45. The minimum absolute atomic E-state index is 0.172. The van der Waals surface area contributed by atoms with E-state index in [9.17, 15) is 8.42 Å². The third kappa shape index (κ3) is 3.45. The van der Waals surface area contributed by atoms with Crippen LogP contribution >= 0.6 is 23.2 Å². The fourth-order valence-corrected chi connectivity index (χ4v) is 4.38. The molecule has 8 heteroatoms. The topological polar surface area (TPSA) is 61.2 Å². The van der Waals surface area contributed by atoms with Crippen LogP contribution in [-0.4, -0.2) is 24.0 Å². The second-order valence-corrected chi connectivity index (χ2v) is 8.20. The number of hydrogen-bond acceptors (Lipinski definition) is 4. The smallest absolute Gasteiger partial charge is 0.269 e. The van der Waals surface area contributed by atoms with Crippen molar-refractivity contribution in [2.45, 2.75) is 18.7 Å². The van der Waals surface area contributed by atoms with Crippen LogP contribution in [0.3, 0.4) is 0 Å². The minimum atomic E-state index is -3.80. The Labute approximate surface area is 162 Å². The number of ether oxygens (including phenoxy) is 1. The van der Waals surface area contributed by atoms with E-state index in [0.29, 0.717) is 17.9 Å². The molecule has 0 amide bonds. The number of aromatic nitrogens is 2. The van der Waals surface area contributed by atoms with E-state index >= 15 is 0 Å². The molecule has 0 saturated heterocycles. The molecule has 0 aliphatic carbocycles. The van der Waals surface area contributed by atoms with Crippen LogP contribution in [0.4, 0.5) is 0 Å². The van der Waals surface area contributed by atoms with Crippen molar-refractivity contribution in [3.05, 3.63) is 64.4 Å². The molecule has 5 nitrogen and oxygen atoms in total. The van der Waals surface area contributed by atoms with Crippen LogP contribution in [0.2, 0.25) is 10.0 Å². The summed E-state index contributed by atoms with van der Waals surface area (Å²) in [6.07, 6.45) is 2.81. The maximum absolute atomic E-state index is 13.0. The number of halogens is 2. The molecule has 0 aliphatic rings. The maximum Gasteiger partial charge on any atom is 0.269 e. The van der Waals surface area contributed by atoms with Gasteiger partial charge in [-0.25, -0.2) is 17.4 Å². The van der Waals surface area contributed by atoms with Gasteiger partial charge in [0.2, 0.25) is 0 Å². The lowest BCUT2D eigenvalue weighted by Gasteiger charge is -2.12. The van der Waals surface area contributed by atoms with Crippen molar-refractivity contribution >= 4 is 33.2 Å². The standard InChI is InChI=1S/C18H16Cl2N2O3S/c1-3-25-17-15(19)10-13(11-16(17)20)18-21-8-9-22(18)26(23,24)14-6-4-12(2)5-7-14/h4-11H,3H2,1-2H3. The second kappa shape index (κ2) is 7.31. The van der Waals surface area contributed by atoms with Gasteiger partial charge >= 0.3 is 0 Å². The quantitative estimate of drug-likeness (QED) is 0.605. The van der Waals surface area contributed by atoms with Crippen LogP contribution in [-0.2, 0) is 10.0 Å². The van der Waals surface area contributed by atoms with E-state index in [1.165, 1.54) is 12.4 Å². The Morgan fingerprint density at radius 2 is 1.73 bits per heavy atom. The molecule has 0 fully saturated rings. The van der Waals surface area contributed by atoms with Gasteiger partial charge in [0.1, 0.15) is 0 Å². The molecule has 0 unspecified atom stereocenters. The SMILES string of the molecule is CCOc1c(Cl)cc(-c2nccn2S(=O)(=O)c2ccc(C)cc2)cc1Cl. The largest absolute Gasteiger partial charge is 0.491 e. The Bertz CT molecular complexity index is 1020. The molecule has 1 aromatic heterocycles. The minimum Gasteiger partial charge on any atom is -0.491 e. The van der Waals surface area contributed by atoms with Crippen LogP contribution in [0.1, 0.15) is 12.5 Å². The van der Waals surface area contributed by atoms with Gasteiger partial charge in [-0.2, -0.15) is 0 Å². The van der Waals surface area contributed by atoms with Gasteiger partial charge in [0.25, 0.3) is 10.0 Å². The molecule has 2 aromatic carbocycles. The van der Waals surface area contributed by atoms with Crippen molar-refractivity contribution in [2.24, 2.45) is 0 Å². The first-order valence-electron chi connectivity index (χ1n) is 7.82. The third-order valence-electron chi connectivity index (χ3n) is 3.73. The maximum atomic E-state index is 13.0. The van der Waals surface area contributed by atoms with E-state index in [2.05, 4.69) is 4.98 Å². The van der Waals surface area contributed by atoms with E-state index < -0.39 is 10.0 Å². The molecule has 1 heterocycles. The first kappa shape index (κ1) is 18.8. The van der Waals surface area contributed by atoms with Crippen molar-refractivity contribution < 1.29 is 13.2 Å². The van der Waals surface area contributed by atoms with E-state index in [0.717, 1.165) is 9.54 Å². The highest BCUT2D eigenvalue weighted by Crippen LogP contribution is 2.37. The Morgan fingerprint density at radius 3 is 2.31 bits per heavy atom. The fraction of sp³-hybridized carbons (Fsp3) is 0.167. The van der Waals surface area contributed by atoms with Gasteiger partial charge in [-0.1, -0.05) is 40.9 Å². The molecular weight excluding hydrogens is 395 g/mol. The van der Waals surface area contributed by atoms with Gasteiger partial charge < -0.3 is 4.74 Å². The van der Waals surface area contributed by atoms with Gasteiger partial charge in [0.05, 0.1) is 21.5 Å². The summed E-state index contributed by atoms with van der Waals surface area (Å²) in [4.78, 5) is 4.35. The van der Waals surface area contributed by atoms with Gasteiger partial charge in [-0.3, -0.25) is 0 Å². The van der Waals surface area contributed by atoms with Crippen LogP contribution in [0, 0.1) is 6.92 Å². The fourth-order valence-electron chi connectivity index (χ4n) is 2.48. The molecule has 0 saturated carbocycles. The van der Waals surface area contributed by atoms with Gasteiger partial charge in [0, 0.05) is 18.0 Å². The highest BCUT2D eigenvalue weighted by atomic mass is 35.5. The van der Waals surface area contributed by atoms with E-state index in [1.807, 2.05) is 13.8 Å². The second-order valence-electron chi connectivity index (χ2n) is 5.57. The number of nitrogens with zero attached hydrogens (tertiary/aromatic N) is 2.